The molecule has 562 valence electrons. The van der Waals surface area contributed by atoms with Crippen LogP contribution in [0, 0.1) is 0 Å². The van der Waals surface area contributed by atoms with Crippen molar-refractivity contribution in [1.82, 2.24) is 0 Å². The van der Waals surface area contributed by atoms with E-state index in [-0.39, 0.29) is 38.2 Å². The molecule has 0 saturated carbocycles. The smallest absolute Gasteiger partial charge is 0.361 e. The van der Waals surface area contributed by atoms with Gasteiger partial charge in [0.2, 0.25) is 0 Å². The third-order valence-electron chi connectivity index (χ3n) is 19.7. The molecule has 0 rings (SSSR count). The summed E-state index contributed by atoms with van der Waals surface area (Å²) < 4.78 is 23.1. The largest absolute Gasteiger partial charge is 0.477 e. The lowest BCUT2D eigenvalue weighted by molar-refractivity contribution is -0.870. The lowest BCUT2D eigenvalue weighted by atomic mass is 10.0. The zero-order valence-corrected chi connectivity index (χ0v) is 64.6. The highest BCUT2D eigenvalue weighted by Gasteiger charge is 2.25. The summed E-state index contributed by atoms with van der Waals surface area (Å²) >= 11 is 0. The van der Waals surface area contributed by atoms with E-state index in [1.54, 1.807) is 0 Å². The Morgan fingerprint density at radius 2 is 0.568 bits per heavy atom. The maximum Gasteiger partial charge on any atom is 0.361 e. The van der Waals surface area contributed by atoms with Crippen LogP contribution >= 0.6 is 0 Å². The molecule has 0 amide bonds. The van der Waals surface area contributed by atoms with Crippen LogP contribution in [0.15, 0.2) is 24.3 Å². The van der Waals surface area contributed by atoms with Gasteiger partial charge in [-0.1, -0.05) is 417 Å². The second kappa shape index (κ2) is 77.5. The summed E-state index contributed by atoms with van der Waals surface area (Å²) in [5.41, 5.74) is 0. The van der Waals surface area contributed by atoms with Crippen molar-refractivity contribution in [3.63, 3.8) is 0 Å². The lowest BCUT2D eigenvalue weighted by Gasteiger charge is -2.25. The molecule has 0 aromatic rings. The van der Waals surface area contributed by atoms with Crippen LogP contribution in [0.4, 0.5) is 0 Å². The fourth-order valence-electron chi connectivity index (χ4n) is 13.2. The van der Waals surface area contributed by atoms with E-state index in [9.17, 15) is 19.5 Å². The highest BCUT2D eigenvalue weighted by Crippen LogP contribution is 2.21. The molecule has 0 aromatic carbocycles. The summed E-state index contributed by atoms with van der Waals surface area (Å²) in [6, 6.07) is 0. The molecule has 0 aliphatic rings. The number of nitrogens with zero attached hydrogens (tertiary/aromatic N) is 1. The van der Waals surface area contributed by atoms with Crippen molar-refractivity contribution >= 4 is 17.9 Å². The van der Waals surface area contributed by atoms with E-state index < -0.39 is 18.4 Å². The molecule has 0 aliphatic carbocycles. The molecule has 2 unspecified atom stereocenters. The molecule has 9 nitrogen and oxygen atoms in total. The molecule has 0 spiro atoms. The summed E-state index contributed by atoms with van der Waals surface area (Å²) in [7, 11) is 6.01. The topological polar surface area (TPSA) is 108 Å². The van der Waals surface area contributed by atoms with Crippen LogP contribution in [0.25, 0.3) is 0 Å². The van der Waals surface area contributed by atoms with Gasteiger partial charge in [0.15, 0.2) is 6.10 Å². The summed E-state index contributed by atoms with van der Waals surface area (Å²) in [4.78, 5) is 37.8. The van der Waals surface area contributed by atoms with Gasteiger partial charge >= 0.3 is 17.9 Å². The Hall–Kier alpha value is -2.23. The van der Waals surface area contributed by atoms with Crippen LogP contribution < -0.4 is 0 Å². The minimum Gasteiger partial charge on any atom is -0.477 e. The van der Waals surface area contributed by atoms with E-state index >= 15 is 0 Å². The number of carboxylic acid groups (broad SMARTS) is 1. The van der Waals surface area contributed by atoms with Gasteiger partial charge in [-0.25, -0.2) is 4.79 Å². The number of quaternary nitrogens is 1. The molecule has 0 radical (unpaired) electrons. The van der Waals surface area contributed by atoms with E-state index in [2.05, 4.69) is 38.2 Å². The van der Waals surface area contributed by atoms with Crippen molar-refractivity contribution in [2.75, 3.05) is 47.5 Å². The van der Waals surface area contributed by atoms with Gasteiger partial charge in [0.1, 0.15) is 13.2 Å². The van der Waals surface area contributed by atoms with Crippen molar-refractivity contribution in [3.8, 4) is 0 Å². The normalized spacial score (nSPS) is 12.6. The quantitative estimate of drug-likeness (QED) is 0.0211. The fourth-order valence-corrected chi connectivity index (χ4v) is 13.2. The number of carboxylic acids is 1. The highest BCUT2D eigenvalue weighted by molar-refractivity contribution is 5.71. The number of unbranched alkanes of at least 4 members (excludes halogenated alkanes) is 62. The number of esters is 2. The molecule has 0 aliphatic heterocycles. The highest BCUT2D eigenvalue weighted by atomic mass is 16.7. The Labute approximate surface area is 592 Å². The third kappa shape index (κ3) is 79.0. The average molecular weight is 1340 g/mol. The first-order valence-electron chi connectivity index (χ1n) is 42.5. The zero-order valence-electron chi connectivity index (χ0n) is 64.6. The predicted molar refractivity (Wildman–Crippen MR) is 411 cm³/mol. The maximum absolute atomic E-state index is 13.0. The molecule has 1 N–H and O–H groups in total. The second-order valence-corrected chi connectivity index (χ2v) is 30.5. The first-order chi connectivity index (χ1) is 46.6. The van der Waals surface area contributed by atoms with Crippen molar-refractivity contribution in [1.29, 1.82) is 0 Å². The second-order valence-electron chi connectivity index (χ2n) is 30.5. The standard InChI is InChI=1S/C86H165NO8/c1-6-8-10-12-14-16-18-20-22-24-26-28-30-32-34-36-38-39-40-41-42-43-44-45-47-49-51-53-55-57-59-61-63-65-67-69-71-73-75-77-84(89)95-82(81-94-86(85(90)91)92-79-78-87(3,4)5)80-93-83(88)76-74-72-70-68-66-64-62-60-58-56-54-52-50-48-46-37-35-33-31-29-27-25-23-21-19-17-15-13-11-9-7-2/h18,20,24,26,82,86H,6-17,19,21-23,25,27-81H2,1-5H3/p+1/b20-18-,26-24-. The van der Waals surface area contributed by atoms with E-state index in [0.29, 0.717) is 17.4 Å². The van der Waals surface area contributed by atoms with E-state index in [0.717, 1.165) is 44.9 Å². The minimum absolute atomic E-state index is 0.173. The van der Waals surface area contributed by atoms with Gasteiger partial charge in [-0.2, -0.15) is 0 Å². The number of hydrogen-bond donors (Lipinski definition) is 1. The number of carbonyl (C=O) groups excluding carboxylic acids is 2. The number of rotatable bonds is 81. The summed E-state index contributed by atoms with van der Waals surface area (Å²) in [5.74, 6) is -1.96. The number of ether oxygens (including phenoxy) is 4. The summed E-state index contributed by atoms with van der Waals surface area (Å²) in [6.45, 7) is 4.96. The third-order valence-corrected chi connectivity index (χ3v) is 19.7. The molecule has 0 heterocycles. The first-order valence-corrected chi connectivity index (χ1v) is 42.5. The van der Waals surface area contributed by atoms with Gasteiger partial charge in [-0.05, 0) is 44.9 Å². The summed E-state index contributed by atoms with van der Waals surface area (Å²) in [6.07, 6.45) is 96.5. The number of carbonyl (C=O) groups is 3. The molecule has 0 saturated heterocycles. The number of likely N-dealkylation sites (N-methyl/N-ethyl adjacent to an activating group) is 1. The Kier molecular flexibility index (Phi) is 75.7. The van der Waals surface area contributed by atoms with Crippen LogP contribution in [-0.2, 0) is 33.3 Å². The lowest BCUT2D eigenvalue weighted by Crippen LogP contribution is -2.40. The van der Waals surface area contributed by atoms with E-state index in [4.69, 9.17) is 18.9 Å². The fraction of sp³-hybridized carbons (Fsp3) is 0.919. The van der Waals surface area contributed by atoms with Crippen molar-refractivity contribution in [3.05, 3.63) is 24.3 Å². The molecule has 0 aromatic heterocycles. The van der Waals surface area contributed by atoms with Gasteiger partial charge in [0.05, 0.1) is 34.4 Å². The van der Waals surface area contributed by atoms with Gasteiger partial charge in [0, 0.05) is 12.8 Å². The number of aliphatic carboxylic acids is 1. The van der Waals surface area contributed by atoms with Gasteiger partial charge in [0.25, 0.3) is 6.29 Å². The van der Waals surface area contributed by atoms with E-state index in [1.807, 2.05) is 21.1 Å². The molecular formula is C86H166NO8+. The maximum atomic E-state index is 13.0. The Morgan fingerprint density at radius 3 is 0.832 bits per heavy atom. The molecule has 0 bridgehead atoms. The van der Waals surface area contributed by atoms with Crippen LogP contribution in [0.2, 0.25) is 0 Å². The van der Waals surface area contributed by atoms with Gasteiger partial charge < -0.3 is 28.5 Å². The van der Waals surface area contributed by atoms with Gasteiger partial charge in [-0.15, -0.1) is 0 Å². The zero-order chi connectivity index (χ0) is 69.0. The Balaban J connectivity index is 3.91. The minimum atomic E-state index is -1.51. The number of hydrogen-bond acceptors (Lipinski definition) is 7. The molecule has 9 heteroatoms. The van der Waals surface area contributed by atoms with E-state index in [1.165, 1.54) is 379 Å². The van der Waals surface area contributed by atoms with Crippen LogP contribution in [0.5, 0.6) is 0 Å². The predicted octanol–water partition coefficient (Wildman–Crippen LogP) is 27.3. The molecular weight excluding hydrogens is 1170 g/mol. The van der Waals surface area contributed by atoms with Gasteiger partial charge in [-0.3, -0.25) is 9.59 Å². The van der Waals surface area contributed by atoms with Crippen LogP contribution in [-0.4, -0.2) is 87.4 Å². The Morgan fingerprint density at radius 1 is 0.316 bits per heavy atom. The van der Waals surface area contributed by atoms with Crippen LogP contribution in [0.3, 0.4) is 0 Å². The van der Waals surface area contributed by atoms with Crippen LogP contribution in [0.1, 0.15) is 450 Å². The molecule has 2 atom stereocenters. The van der Waals surface area contributed by atoms with Crippen molar-refractivity contribution in [2.24, 2.45) is 0 Å². The molecule has 0 fully saturated rings. The monoisotopic (exact) mass is 1340 g/mol. The van der Waals surface area contributed by atoms with Crippen molar-refractivity contribution < 1.29 is 42.9 Å². The first kappa shape index (κ1) is 92.8. The summed E-state index contributed by atoms with van der Waals surface area (Å²) in [5, 5.41) is 9.78. The Bertz CT molecular complexity index is 1610. The number of allylic oxidation sites excluding steroid dienone is 4. The van der Waals surface area contributed by atoms with Crippen molar-refractivity contribution in [2.45, 2.75) is 463 Å². The SMILES string of the molecule is CCCCCCC/C=C\C/C=C\CCCCCCCCCCCCCCCCCCCCCCCCCCCCCC(=O)OC(COC(=O)CCCCCCCCCCCCCCCCCCCCCCCCCCCCCCCCC)COC(OCC[N+](C)(C)C)C(=O)O. The molecule has 95 heavy (non-hydrogen) atoms. The average Bonchev–Trinajstić information content (AvgIpc) is 2.92.